The van der Waals surface area contributed by atoms with Crippen molar-refractivity contribution in [1.82, 2.24) is 4.90 Å². The van der Waals surface area contributed by atoms with E-state index in [1.54, 1.807) is 19.2 Å². The van der Waals surface area contributed by atoms with Gasteiger partial charge in [-0.05, 0) is 62.2 Å². The van der Waals surface area contributed by atoms with E-state index in [0.29, 0.717) is 22.8 Å². The molecule has 1 aliphatic heterocycles. The van der Waals surface area contributed by atoms with Crippen molar-refractivity contribution in [2.24, 2.45) is 0 Å². The van der Waals surface area contributed by atoms with Gasteiger partial charge in [0.05, 0.1) is 26.9 Å². The number of hydrogen-bond acceptors (Lipinski definition) is 5. The zero-order chi connectivity index (χ0) is 19.9. The number of amides is 1. The van der Waals surface area contributed by atoms with Crippen LogP contribution in [-0.2, 0) is 6.42 Å². The molecule has 150 valence electrons. The number of nitrogens with zero attached hydrogens (tertiary/aromatic N) is 1. The Bertz CT molecular complexity index is 799. The first-order valence-electron chi connectivity index (χ1n) is 9.58. The fourth-order valence-corrected chi connectivity index (χ4v) is 3.53. The number of hydrogen-bond donors (Lipinski definition) is 1. The van der Waals surface area contributed by atoms with Crippen LogP contribution in [0.3, 0.4) is 0 Å². The van der Waals surface area contributed by atoms with E-state index in [9.17, 15) is 4.79 Å². The van der Waals surface area contributed by atoms with Crippen molar-refractivity contribution in [2.75, 3.05) is 46.3 Å². The van der Waals surface area contributed by atoms with Crippen molar-refractivity contribution >= 4 is 11.6 Å². The molecule has 28 heavy (non-hydrogen) atoms. The van der Waals surface area contributed by atoms with E-state index >= 15 is 0 Å². The maximum Gasteiger partial charge on any atom is 0.259 e. The van der Waals surface area contributed by atoms with E-state index in [1.165, 1.54) is 45.7 Å². The first-order chi connectivity index (χ1) is 13.7. The highest BCUT2D eigenvalue weighted by Crippen LogP contribution is 2.39. The highest BCUT2D eigenvalue weighted by Gasteiger charge is 2.20. The molecular weight excluding hydrogens is 356 g/mol. The van der Waals surface area contributed by atoms with E-state index in [2.05, 4.69) is 22.3 Å². The molecule has 0 saturated carbocycles. The maximum atomic E-state index is 12.8. The third-order valence-electron chi connectivity index (χ3n) is 5.08. The topological polar surface area (TPSA) is 60.0 Å². The molecule has 0 aromatic heterocycles. The van der Waals surface area contributed by atoms with Gasteiger partial charge in [0.15, 0.2) is 11.5 Å². The number of ether oxygens (including phenoxy) is 3. The van der Waals surface area contributed by atoms with E-state index in [-0.39, 0.29) is 5.91 Å². The van der Waals surface area contributed by atoms with Gasteiger partial charge in [0, 0.05) is 12.2 Å². The van der Waals surface area contributed by atoms with Crippen molar-refractivity contribution in [3.8, 4) is 17.2 Å². The van der Waals surface area contributed by atoms with E-state index in [4.69, 9.17) is 14.2 Å². The molecule has 0 aliphatic carbocycles. The first-order valence-corrected chi connectivity index (χ1v) is 9.58. The summed E-state index contributed by atoms with van der Waals surface area (Å²) in [6.07, 6.45) is 3.65. The number of benzene rings is 2. The lowest BCUT2D eigenvalue weighted by Gasteiger charge is -2.16. The molecule has 0 unspecified atom stereocenters. The van der Waals surface area contributed by atoms with Gasteiger partial charge < -0.3 is 24.4 Å². The van der Waals surface area contributed by atoms with Gasteiger partial charge >= 0.3 is 0 Å². The Morgan fingerprint density at radius 3 is 2.21 bits per heavy atom. The smallest absolute Gasteiger partial charge is 0.259 e. The molecule has 0 bridgehead atoms. The Balaban J connectivity index is 1.67. The van der Waals surface area contributed by atoms with Crippen LogP contribution >= 0.6 is 0 Å². The summed E-state index contributed by atoms with van der Waals surface area (Å²) < 4.78 is 16.0. The van der Waals surface area contributed by atoms with Crippen LogP contribution < -0.4 is 19.5 Å². The number of methoxy groups -OCH3 is 3. The van der Waals surface area contributed by atoms with Crippen molar-refractivity contribution < 1.29 is 19.0 Å². The summed E-state index contributed by atoms with van der Waals surface area (Å²) in [6.45, 7) is 3.51. The van der Waals surface area contributed by atoms with Gasteiger partial charge in [0.25, 0.3) is 5.91 Å². The van der Waals surface area contributed by atoms with Crippen LogP contribution in [0.15, 0.2) is 36.4 Å². The average molecular weight is 384 g/mol. The van der Waals surface area contributed by atoms with Gasteiger partial charge in [-0.2, -0.15) is 0 Å². The van der Waals surface area contributed by atoms with Gasteiger partial charge in [0.2, 0.25) is 5.75 Å². The largest absolute Gasteiger partial charge is 0.493 e. The monoisotopic (exact) mass is 384 g/mol. The third-order valence-corrected chi connectivity index (χ3v) is 5.08. The Kier molecular flexibility index (Phi) is 6.76. The maximum absolute atomic E-state index is 12.8. The molecule has 6 nitrogen and oxygen atoms in total. The highest BCUT2D eigenvalue weighted by atomic mass is 16.5. The van der Waals surface area contributed by atoms with Gasteiger partial charge in [-0.15, -0.1) is 0 Å². The normalized spacial score (nSPS) is 14.0. The Labute approximate surface area is 166 Å². The van der Waals surface area contributed by atoms with Crippen LogP contribution in [-0.4, -0.2) is 51.8 Å². The molecule has 0 spiro atoms. The van der Waals surface area contributed by atoms with Crippen LogP contribution in [0, 0.1) is 0 Å². The number of likely N-dealkylation sites (tertiary alicyclic amines) is 1. The second-order valence-corrected chi connectivity index (χ2v) is 6.83. The molecular formula is C22H28N2O4. The van der Waals surface area contributed by atoms with Crippen LogP contribution in [0.1, 0.15) is 28.8 Å². The van der Waals surface area contributed by atoms with Gasteiger partial charge in [-0.3, -0.25) is 4.79 Å². The molecule has 0 radical (unpaired) electrons. The highest BCUT2D eigenvalue weighted by molar-refractivity contribution is 6.07. The summed E-state index contributed by atoms with van der Waals surface area (Å²) in [5, 5.41) is 2.92. The van der Waals surface area contributed by atoms with Crippen LogP contribution in [0.25, 0.3) is 0 Å². The molecule has 1 aliphatic rings. The van der Waals surface area contributed by atoms with Gasteiger partial charge in [-0.25, -0.2) is 0 Å². The molecule has 1 amide bonds. The average Bonchev–Trinajstić information content (AvgIpc) is 3.25. The van der Waals surface area contributed by atoms with Crippen LogP contribution in [0.4, 0.5) is 5.69 Å². The molecule has 2 aromatic rings. The molecule has 0 atom stereocenters. The van der Waals surface area contributed by atoms with Gasteiger partial charge in [-0.1, -0.05) is 12.1 Å². The quantitative estimate of drug-likeness (QED) is 0.754. The van der Waals surface area contributed by atoms with Crippen molar-refractivity contribution in [3.05, 3.63) is 47.5 Å². The lowest BCUT2D eigenvalue weighted by Crippen LogP contribution is -2.21. The van der Waals surface area contributed by atoms with E-state index < -0.39 is 0 Å². The minimum Gasteiger partial charge on any atom is -0.493 e. The molecule has 1 saturated heterocycles. The lowest BCUT2D eigenvalue weighted by molar-refractivity contribution is 0.102. The molecule has 2 aromatic carbocycles. The minimum absolute atomic E-state index is 0.261. The zero-order valence-corrected chi connectivity index (χ0v) is 16.8. The molecule has 1 fully saturated rings. The minimum atomic E-state index is -0.261. The van der Waals surface area contributed by atoms with E-state index in [1.807, 2.05) is 12.1 Å². The van der Waals surface area contributed by atoms with E-state index in [0.717, 1.165) is 18.7 Å². The third kappa shape index (κ3) is 4.57. The zero-order valence-electron chi connectivity index (χ0n) is 16.8. The fourth-order valence-electron chi connectivity index (χ4n) is 3.53. The summed E-state index contributed by atoms with van der Waals surface area (Å²) in [5.74, 6) is 0.998. The number of nitrogens with one attached hydrogen (secondary N) is 1. The predicted octanol–water partition coefficient (Wildman–Crippen LogP) is 3.60. The summed E-state index contributed by atoms with van der Waals surface area (Å²) in [5.41, 5.74) is 2.40. The SMILES string of the molecule is COc1ccc(C(=O)Nc2ccc(CCN3CCCC3)cc2)c(OC)c1OC. The first kappa shape index (κ1) is 20.0. The summed E-state index contributed by atoms with van der Waals surface area (Å²) in [6, 6.07) is 11.4. The fraction of sp³-hybridized carbons (Fsp3) is 0.409. The second kappa shape index (κ2) is 9.46. The Morgan fingerprint density at radius 2 is 1.61 bits per heavy atom. The molecule has 1 N–H and O–H groups in total. The number of anilines is 1. The van der Waals surface area contributed by atoms with Crippen molar-refractivity contribution in [2.45, 2.75) is 19.3 Å². The molecule has 3 rings (SSSR count). The number of rotatable bonds is 8. The standard InChI is InChI=1S/C22H28N2O4/c1-26-19-11-10-18(20(27-2)21(19)28-3)22(25)23-17-8-6-16(7-9-17)12-15-24-13-4-5-14-24/h6-11H,4-5,12-15H2,1-3H3,(H,23,25). The Hall–Kier alpha value is -2.73. The number of carbonyl (C=O) groups excluding carboxylic acids is 1. The van der Waals surface area contributed by atoms with Crippen LogP contribution in [0.2, 0.25) is 0 Å². The predicted molar refractivity (Wildman–Crippen MR) is 110 cm³/mol. The summed E-state index contributed by atoms with van der Waals surface area (Å²) in [4.78, 5) is 15.3. The second-order valence-electron chi connectivity index (χ2n) is 6.83. The van der Waals surface area contributed by atoms with Gasteiger partial charge in [0.1, 0.15) is 0 Å². The summed E-state index contributed by atoms with van der Waals surface area (Å²) >= 11 is 0. The van der Waals surface area contributed by atoms with Crippen LogP contribution in [0.5, 0.6) is 17.2 Å². The number of carbonyl (C=O) groups is 1. The van der Waals surface area contributed by atoms with Crippen molar-refractivity contribution in [1.29, 1.82) is 0 Å². The van der Waals surface area contributed by atoms with Crippen molar-refractivity contribution in [3.63, 3.8) is 0 Å². The Morgan fingerprint density at radius 1 is 0.929 bits per heavy atom. The summed E-state index contributed by atoms with van der Waals surface area (Å²) in [7, 11) is 4.56. The molecule has 6 heteroatoms. The molecule has 1 heterocycles. The lowest BCUT2D eigenvalue weighted by atomic mass is 10.1.